The average Bonchev–Trinajstić information content (AvgIpc) is 3.09. The van der Waals surface area contributed by atoms with E-state index in [1.54, 1.807) is 0 Å². The molecular weight excluding hydrogens is 565 g/mol. The molecule has 11 rings (SSSR count). The van der Waals surface area contributed by atoms with Gasteiger partial charge in [-0.3, -0.25) is 4.79 Å². The molecule has 45 heavy (non-hydrogen) atoms. The van der Waals surface area contributed by atoms with Crippen molar-refractivity contribution in [1.82, 2.24) is 0 Å². The Kier molecular flexibility index (Phi) is 5.26. The van der Waals surface area contributed by atoms with Crippen molar-refractivity contribution >= 4 is 60.0 Å². The van der Waals surface area contributed by atoms with Crippen LogP contribution in [0.3, 0.4) is 0 Å². The van der Waals surface area contributed by atoms with Gasteiger partial charge in [-0.15, -0.1) is 0 Å². The highest BCUT2D eigenvalue weighted by Gasteiger charge is 2.43. The van der Waals surface area contributed by atoms with Crippen LogP contribution < -0.4 is 0 Å². The van der Waals surface area contributed by atoms with Gasteiger partial charge in [0.1, 0.15) is 0 Å². The van der Waals surface area contributed by atoms with E-state index >= 15 is 0 Å². The molecule has 0 saturated carbocycles. The topological polar surface area (TPSA) is 17.1 Å². The minimum Gasteiger partial charge on any atom is -0.286 e. The Hall–Kier alpha value is -5.18. The van der Waals surface area contributed by atoms with Gasteiger partial charge in [0, 0.05) is 0 Å². The molecule has 0 spiro atoms. The van der Waals surface area contributed by atoms with E-state index in [1.807, 2.05) is 0 Å². The largest absolute Gasteiger partial charge is 0.286 e. The lowest BCUT2D eigenvalue weighted by molar-refractivity contribution is -0.111. The quantitative estimate of drug-likeness (QED) is 0.186. The number of carbonyl (C=O) groups is 1. The summed E-state index contributed by atoms with van der Waals surface area (Å²) < 4.78 is 0. The van der Waals surface area contributed by atoms with Crippen LogP contribution in [0.15, 0.2) is 146 Å². The van der Waals surface area contributed by atoms with E-state index in [1.165, 1.54) is 93.8 Å². The van der Waals surface area contributed by atoms with Crippen LogP contribution in [-0.2, 0) is 4.79 Å². The summed E-state index contributed by atoms with van der Waals surface area (Å²) in [5, 5.41) is 10.4. The van der Waals surface area contributed by atoms with Crippen LogP contribution in [-0.4, -0.2) is 5.12 Å². The van der Waals surface area contributed by atoms with Crippen LogP contribution in [0.4, 0.5) is 0 Å². The second-order valence-electron chi connectivity index (χ2n) is 12.5. The molecule has 3 aliphatic rings. The molecule has 0 fully saturated rings. The molecule has 2 bridgehead atoms. The van der Waals surface area contributed by atoms with E-state index in [2.05, 4.69) is 146 Å². The highest BCUT2D eigenvalue weighted by Crippen LogP contribution is 2.56. The molecule has 0 radical (unpaired) electrons. The number of carbonyl (C=O) groups excluding carboxylic acids is 1. The number of hydrogen-bond donors (Lipinski definition) is 0. The Balaban J connectivity index is 1.02. The van der Waals surface area contributed by atoms with E-state index in [9.17, 15) is 4.79 Å². The first kappa shape index (κ1) is 25.2. The summed E-state index contributed by atoms with van der Waals surface area (Å²) in [5.41, 5.74) is 9.74. The molecule has 0 amide bonds. The monoisotopic (exact) mass is 590 g/mol. The van der Waals surface area contributed by atoms with E-state index in [0.29, 0.717) is 0 Å². The molecule has 210 valence electrons. The molecule has 1 nitrogen and oxygen atoms in total. The zero-order valence-electron chi connectivity index (χ0n) is 24.3. The Morgan fingerprint density at radius 2 is 0.778 bits per heavy atom. The SMILES string of the molecule is O=C1SC2c3ccccc3C1c1cc(-c3ccc4cc5cc(-c6ccc7cc8ccccc8cc7c6)ccc5cc4c3)ccc12. The molecule has 2 heterocycles. The Morgan fingerprint density at radius 1 is 0.356 bits per heavy atom. The smallest absolute Gasteiger partial charge is 0.201 e. The van der Waals surface area contributed by atoms with E-state index in [-0.39, 0.29) is 16.3 Å². The third-order valence-corrected chi connectivity index (χ3v) is 11.1. The fourth-order valence-electron chi connectivity index (χ4n) is 7.63. The second kappa shape index (κ2) is 9.41. The summed E-state index contributed by atoms with van der Waals surface area (Å²) in [6.45, 7) is 0. The molecule has 2 heteroatoms. The van der Waals surface area contributed by atoms with Gasteiger partial charge in [0.25, 0.3) is 0 Å². The maximum atomic E-state index is 13.1. The Morgan fingerprint density at radius 3 is 1.36 bits per heavy atom. The van der Waals surface area contributed by atoms with Crippen LogP contribution in [0.25, 0.3) is 65.3 Å². The molecule has 0 N–H and O–H groups in total. The van der Waals surface area contributed by atoms with Gasteiger partial charge in [0.05, 0.1) is 11.2 Å². The number of thioether (sulfide) groups is 1. The summed E-state index contributed by atoms with van der Waals surface area (Å²) >= 11 is 1.49. The van der Waals surface area contributed by atoms with Gasteiger partial charge in [-0.1, -0.05) is 109 Å². The van der Waals surface area contributed by atoms with Gasteiger partial charge in [0.2, 0.25) is 5.12 Å². The van der Waals surface area contributed by atoms with Crippen molar-refractivity contribution in [1.29, 1.82) is 0 Å². The molecular formula is C43H26OS. The van der Waals surface area contributed by atoms with E-state index < -0.39 is 0 Å². The molecule has 8 aromatic carbocycles. The third-order valence-electron chi connectivity index (χ3n) is 9.91. The maximum absolute atomic E-state index is 13.1. The first-order chi connectivity index (χ1) is 22.2. The van der Waals surface area contributed by atoms with Crippen LogP contribution in [0.2, 0.25) is 0 Å². The van der Waals surface area contributed by atoms with E-state index in [0.717, 1.165) is 5.56 Å². The molecule has 0 aromatic heterocycles. The van der Waals surface area contributed by atoms with E-state index in [4.69, 9.17) is 0 Å². The number of fused-ring (bicyclic) bond motifs is 5. The third kappa shape index (κ3) is 3.86. The van der Waals surface area contributed by atoms with Crippen molar-refractivity contribution in [2.75, 3.05) is 0 Å². The minimum absolute atomic E-state index is 0.102. The number of hydrogen-bond acceptors (Lipinski definition) is 2. The summed E-state index contributed by atoms with van der Waals surface area (Å²) in [4.78, 5) is 13.1. The molecule has 1 aliphatic carbocycles. The molecule has 8 aromatic rings. The zero-order valence-corrected chi connectivity index (χ0v) is 25.1. The van der Waals surface area contributed by atoms with Gasteiger partial charge in [0.15, 0.2) is 0 Å². The predicted octanol–water partition coefficient (Wildman–Crippen LogP) is 11.4. The first-order valence-corrected chi connectivity index (χ1v) is 16.4. The van der Waals surface area contributed by atoms with Gasteiger partial charge < -0.3 is 0 Å². The second-order valence-corrected chi connectivity index (χ2v) is 13.6. The number of rotatable bonds is 2. The van der Waals surface area contributed by atoms with Crippen molar-refractivity contribution in [2.45, 2.75) is 11.2 Å². The summed E-state index contributed by atoms with van der Waals surface area (Å²) in [6, 6.07) is 53.3. The normalized spacial score (nSPS) is 16.8. The number of benzene rings is 8. The summed E-state index contributed by atoms with van der Waals surface area (Å²) in [7, 11) is 0. The van der Waals surface area contributed by atoms with Crippen LogP contribution in [0.1, 0.15) is 33.4 Å². The highest BCUT2D eigenvalue weighted by molar-refractivity contribution is 8.14. The van der Waals surface area contributed by atoms with Crippen molar-refractivity contribution in [3.05, 3.63) is 168 Å². The summed E-state index contributed by atoms with van der Waals surface area (Å²) in [6.07, 6.45) is 0. The lowest BCUT2D eigenvalue weighted by Crippen LogP contribution is -2.28. The standard InChI is InChI=1S/C43H26OS/c44-43-41-37-7-3-4-8-38(37)42(45-43)39-16-15-33(24-40(39)41)29-11-14-32-22-35-20-28(10-13-31(35)23-36(32)21-29)27-9-12-30-17-25-5-1-2-6-26(25)18-34(30)19-27/h1-24,41-42H. The maximum Gasteiger partial charge on any atom is 0.201 e. The predicted molar refractivity (Wildman–Crippen MR) is 190 cm³/mol. The van der Waals surface area contributed by atoms with Crippen molar-refractivity contribution in [3.63, 3.8) is 0 Å². The fraction of sp³-hybridized carbons (Fsp3) is 0.0465. The molecule has 0 saturated heterocycles. The molecule has 2 aliphatic heterocycles. The minimum atomic E-state index is -0.174. The van der Waals surface area contributed by atoms with Gasteiger partial charge in [-0.05, 0) is 136 Å². The zero-order chi connectivity index (χ0) is 29.6. The fourth-order valence-corrected chi connectivity index (χ4v) is 8.94. The lowest BCUT2D eigenvalue weighted by atomic mass is 9.77. The van der Waals surface area contributed by atoms with Crippen molar-refractivity contribution < 1.29 is 4.79 Å². The van der Waals surface area contributed by atoms with Crippen LogP contribution >= 0.6 is 11.8 Å². The molecule has 2 unspecified atom stereocenters. The first-order valence-electron chi connectivity index (χ1n) is 15.5. The average molecular weight is 591 g/mol. The Bertz CT molecular complexity index is 2560. The summed E-state index contributed by atoms with van der Waals surface area (Å²) in [5.74, 6) is -0.174. The van der Waals surface area contributed by atoms with Crippen LogP contribution in [0, 0.1) is 0 Å². The lowest BCUT2D eigenvalue weighted by Gasteiger charge is -2.38. The van der Waals surface area contributed by atoms with Crippen molar-refractivity contribution in [3.8, 4) is 22.3 Å². The van der Waals surface area contributed by atoms with Crippen molar-refractivity contribution in [2.24, 2.45) is 0 Å². The highest BCUT2D eigenvalue weighted by atomic mass is 32.2. The van der Waals surface area contributed by atoms with Gasteiger partial charge in [-0.2, -0.15) is 0 Å². The van der Waals surface area contributed by atoms with Crippen LogP contribution in [0.5, 0.6) is 0 Å². The molecule has 2 atom stereocenters. The Labute approximate surface area is 265 Å². The van der Waals surface area contributed by atoms with Gasteiger partial charge in [-0.25, -0.2) is 0 Å². The van der Waals surface area contributed by atoms with Gasteiger partial charge >= 0.3 is 0 Å².